The summed E-state index contributed by atoms with van der Waals surface area (Å²) in [5.74, 6) is 0.0633. The van der Waals surface area contributed by atoms with E-state index in [9.17, 15) is 9.18 Å². The minimum absolute atomic E-state index is 0.0701. The molecule has 0 atom stereocenters. The topological polar surface area (TPSA) is 42.9 Å². The maximum atomic E-state index is 13.1. The van der Waals surface area contributed by atoms with Gasteiger partial charge in [-0.1, -0.05) is 0 Å². The molecule has 1 heterocycles. The van der Waals surface area contributed by atoms with Crippen LogP contribution in [0.3, 0.4) is 0 Å². The molecule has 18 heavy (non-hydrogen) atoms. The smallest absolute Gasteiger partial charge is 0.163 e. The van der Waals surface area contributed by atoms with Crippen LogP contribution in [0.1, 0.15) is 23.0 Å². The molecule has 0 spiro atoms. The van der Waals surface area contributed by atoms with Gasteiger partial charge in [-0.3, -0.25) is 4.79 Å². The molecule has 2 aromatic rings. The van der Waals surface area contributed by atoms with E-state index < -0.39 is 0 Å². The molecule has 0 radical (unpaired) electrons. The first-order chi connectivity index (χ1) is 8.49. The Morgan fingerprint density at radius 3 is 2.67 bits per heavy atom. The van der Waals surface area contributed by atoms with Gasteiger partial charge in [-0.2, -0.15) is 0 Å². The average molecular weight is 309 g/mol. The largest absolute Gasteiger partial charge is 0.294 e. The number of aromatic nitrogens is 2. The third kappa shape index (κ3) is 2.46. The van der Waals surface area contributed by atoms with Gasteiger partial charge in [-0.15, -0.1) is 0 Å². The summed E-state index contributed by atoms with van der Waals surface area (Å²) in [6, 6.07) is 4.55. The van der Waals surface area contributed by atoms with E-state index >= 15 is 0 Å². The van der Waals surface area contributed by atoms with Crippen LogP contribution < -0.4 is 0 Å². The zero-order chi connectivity index (χ0) is 13.3. The summed E-state index contributed by atoms with van der Waals surface area (Å²) < 4.78 is 13.5. The van der Waals surface area contributed by atoms with Crippen LogP contribution in [0.4, 0.5) is 4.39 Å². The first-order valence-electron chi connectivity index (χ1n) is 5.29. The molecule has 92 valence electrons. The number of rotatable bonds is 2. The van der Waals surface area contributed by atoms with Crippen LogP contribution in [0, 0.1) is 12.7 Å². The summed E-state index contributed by atoms with van der Waals surface area (Å²) in [4.78, 5) is 19.7. The molecule has 0 amide bonds. The number of hydrogen-bond acceptors (Lipinski definition) is 3. The quantitative estimate of drug-likeness (QED) is 0.797. The predicted molar refractivity (Wildman–Crippen MR) is 69.9 cm³/mol. The number of aryl methyl sites for hydroxylation is 1. The maximum Gasteiger partial charge on any atom is 0.163 e. The lowest BCUT2D eigenvalue weighted by Gasteiger charge is -2.05. The van der Waals surface area contributed by atoms with Crippen molar-refractivity contribution in [3.63, 3.8) is 0 Å². The summed E-state index contributed by atoms with van der Waals surface area (Å²) in [5.41, 5.74) is 1.81. The lowest BCUT2D eigenvalue weighted by molar-refractivity contribution is 0.101. The van der Waals surface area contributed by atoms with Crippen LogP contribution in [0.25, 0.3) is 11.4 Å². The molecule has 0 unspecified atom stereocenters. The van der Waals surface area contributed by atoms with E-state index in [0.717, 1.165) is 0 Å². The van der Waals surface area contributed by atoms with Crippen LogP contribution in [-0.2, 0) is 0 Å². The molecule has 2 rings (SSSR count). The lowest BCUT2D eigenvalue weighted by atomic mass is 10.1. The zero-order valence-corrected chi connectivity index (χ0v) is 11.5. The van der Waals surface area contributed by atoms with Gasteiger partial charge in [0.1, 0.15) is 5.82 Å². The number of carbonyl (C=O) groups is 1. The molecule has 1 aromatic heterocycles. The van der Waals surface area contributed by atoms with Crippen LogP contribution in [0.5, 0.6) is 0 Å². The zero-order valence-electron chi connectivity index (χ0n) is 9.87. The molecule has 0 bridgehead atoms. The molecule has 0 aliphatic rings. The Balaban J connectivity index is 2.48. The van der Waals surface area contributed by atoms with Gasteiger partial charge in [0.15, 0.2) is 11.6 Å². The summed E-state index contributed by atoms with van der Waals surface area (Å²) in [7, 11) is 0. The van der Waals surface area contributed by atoms with Crippen molar-refractivity contribution in [1.29, 1.82) is 0 Å². The van der Waals surface area contributed by atoms with Crippen molar-refractivity contribution >= 4 is 21.7 Å². The number of Topliss-reactive ketones (excluding diaryl/α,β-unsaturated/α-hetero) is 1. The van der Waals surface area contributed by atoms with E-state index in [1.165, 1.54) is 19.2 Å². The molecule has 0 saturated heterocycles. The summed E-state index contributed by atoms with van der Waals surface area (Å²) in [5, 5.41) is 0. The number of carbonyl (C=O) groups excluding carboxylic acids is 1. The fourth-order valence-electron chi connectivity index (χ4n) is 1.59. The van der Waals surface area contributed by atoms with Crippen molar-refractivity contribution in [3.8, 4) is 11.4 Å². The van der Waals surface area contributed by atoms with E-state index in [2.05, 4.69) is 25.9 Å². The monoisotopic (exact) mass is 308 g/mol. The van der Waals surface area contributed by atoms with Gasteiger partial charge in [-0.05, 0) is 48.0 Å². The van der Waals surface area contributed by atoms with Gasteiger partial charge in [-0.25, -0.2) is 14.4 Å². The Bertz CT molecular complexity index is 628. The van der Waals surface area contributed by atoms with Gasteiger partial charge in [0.05, 0.1) is 15.7 Å². The van der Waals surface area contributed by atoms with Gasteiger partial charge in [0.25, 0.3) is 0 Å². The molecule has 1 aromatic carbocycles. The number of hydrogen-bond donors (Lipinski definition) is 0. The van der Waals surface area contributed by atoms with Gasteiger partial charge in [0.2, 0.25) is 0 Å². The second-order valence-electron chi connectivity index (χ2n) is 3.88. The number of ketones is 1. The Kier molecular flexibility index (Phi) is 3.52. The average Bonchev–Trinajstić information content (AvgIpc) is 2.32. The molecule has 0 N–H and O–H groups in total. The van der Waals surface area contributed by atoms with E-state index in [4.69, 9.17) is 0 Å². The van der Waals surface area contributed by atoms with Crippen molar-refractivity contribution < 1.29 is 9.18 Å². The molecule has 3 nitrogen and oxygen atoms in total. The van der Waals surface area contributed by atoms with Crippen LogP contribution in [-0.4, -0.2) is 15.8 Å². The van der Waals surface area contributed by atoms with Gasteiger partial charge < -0.3 is 0 Å². The second-order valence-corrected chi connectivity index (χ2v) is 4.73. The highest BCUT2D eigenvalue weighted by molar-refractivity contribution is 9.10. The van der Waals surface area contributed by atoms with E-state index in [1.54, 1.807) is 19.1 Å². The molecular weight excluding hydrogens is 299 g/mol. The Hall–Kier alpha value is -1.62. The fraction of sp³-hybridized carbons (Fsp3) is 0.154. The number of nitrogens with zero attached hydrogens (tertiary/aromatic N) is 2. The highest BCUT2D eigenvalue weighted by Crippen LogP contribution is 2.23. The first-order valence-corrected chi connectivity index (χ1v) is 6.08. The van der Waals surface area contributed by atoms with Crippen LogP contribution in [0.15, 0.2) is 28.9 Å². The number of benzene rings is 1. The molecule has 0 fully saturated rings. The van der Waals surface area contributed by atoms with Gasteiger partial charge in [0, 0.05) is 11.8 Å². The SMILES string of the molecule is CC(=O)c1cnc(-c2ccc(F)c(Br)c2)nc1C. The number of halogens is 2. The minimum Gasteiger partial charge on any atom is -0.294 e. The highest BCUT2D eigenvalue weighted by Gasteiger charge is 2.10. The van der Waals surface area contributed by atoms with Crippen LogP contribution >= 0.6 is 15.9 Å². The Morgan fingerprint density at radius 1 is 1.39 bits per heavy atom. The summed E-state index contributed by atoms with van der Waals surface area (Å²) in [6.45, 7) is 3.22. The van der Waals surface area contributed by atoms with Crippen molar-refractivity contribution in [1.82, 2.24) is 9.97 Å². The van der Waals surface area contributed by atoms with Crippen molar-refractivity contribution in [2.75, 3.05) is 0 Å². The highest BCUT2D eigenvalue weighted by atomic mass is 79.9. The Labute approximate surface area is 112 Å². The minimum atomic E-state index is -0.337. The normalized spacial score (nSPS) is 10.4. The van der Waals surface area contributed by atoms with E-state index in [-0.39, 0.29) is 11.6 Å². The molecule has 5 heteroatoms. The molecule has 0 saturated carbocycles. The summed E-state index contributed by atoms with van der Waals surface area (Å²) in [6.07, 6.45) is 1.50. The molecular formula is C13H10BrFN2O. The van der Waals surface area contributed by atoms with Crippen molar-refractivity contribution in [2.24, 2.45) is 0 Å². The van der Waals surface area contributed by atoms with E-state index in [0.29, 0.717) is 27.1 Å². The first kappa shape index (κ1) is 12.8. The fourth-order valence-corrected chi connectivity index (χ4v) is 1.97. The Morgan fingerprint density at radius 2 is 2.11 bits per heavy atom. The standard InChI is InChI=1S/C13H10BrFN2O/c1-7-10(8(2)18)6-16-13(17-7)9-3-4-12(15)11(14)5-9/h3-6H,1-2H3. The van der Waals surface area contributed by atoms with Crippen LogP contribution in [0.2, 0.25) is 0 Å². The predicted octanol–water partition coefficient (Wildman–Crippen LogP) is 3.56. The summed E-state index contributed by atoms with van der Waals surface area (Å²) >= 11 is 3.11. The lowest BCUT2D eigenvalue weighted by Crippen LogP contribution is -2.02. The van der Waals surface area contributed by atoms with E-state index in [1.807, 2.05) is 0 Å². The third-order valence-corrected chi connectivity index (χ3v) is 3.14. The van der Waals surface area contributed by atoms with Crippen molar-refractivity contribution in [2.45, 2.75) is 13.8 Å². The maximum absolute atomic E-state index is 13.1. The van der Waals surface area contributed by atoms with Gasteiger partial charge >= 0.3 is 0 Å². The third-order valence-electron chi connectivity index (χ3n) is 2.54. The second kappa shape index (κ2) is 4.94. The molecule has 0 aliphatic heterocycles. The molecule has 0 aliphatic carbocycles. The van der Waals surface area contributed by atoms with Crippen molar-refractivity contribution in [3.05, 3.63) is 45.9 Å².